The molecule has 2 unspecified atom stereocenters. The fraction of sp³-hybridized carbons (Fsp3) is 0.855. The summed E-state index contributed by atoms with van der Waals surface area (Å²) in [4.78, 5) is 24.5. The molecule has 1 amide bonds. The van der Waals surface area contributed by atoms with Crippen molar-refractivity contribution in [3.8, 4) is 0 Å². The van der Waals surface area contributed by atoms with Crippen molar-refractivity contribution in [2.75, 3.05) is 13.2 Å². The van der Waals surface area contributed by atoms with Gasteiger partial charge >= 0.3 is 5.97 Å². The number of aliphatic hydroxyl groups excluding tert-OH is 2. The van der Waals surface area contributed by atoms with Crippen LogP contribution >= 0.6 is 0 Å². The molecule has 2 atom stereocenters. The van der Waals surface area contributed by atoms with Gasteiger partial charge in [0.05, 0.1) is 25.4 Å². The Morgan fingerprint density at radius 3 is 1.04 bits per heavy atom. The van der Waals surface area contributed by atoms with Crippen LogP contribution in [0.2, 0.25) is 0 Å². The average Bonchev–Trinajstić information content (AvgIpc) is 3.41. The van der Waals surface area contributed by atoms with Crippen molar-refractivity contribution < 1.29 is 24.5 Å². The molecule has 0 aliphatic rings. The number of aliphatic hydroxyl groups is 2. The van der Waals surface area contributed by atoms with Crippen molar-refractivity contribution in [3.05, 3.63) is 48.6 Å². The number of hydrogen-bond acceptors (Lipinski definition) is 5. The number of amides is 1. The van der Waals surface area contributed by atoms with Gasteiger partial charge in [-0.25, -0.2) is 0 Å². The zero-order valence-electron chi connectivity index (χ0n) is 50.3. The number of hydrogen-bond donors (Lipinski definition) is 3. The lowest BCUT2D eigenvalue weighted by atomic mass is 10.0. The Morgan fingerprint density at radius 2 is 0.667 bits per heavy atom. The summed E-state index contributed by atoms with van der Waals surface area (Å²) in [5.41, 5.74) is 0. The van der Waals surface area contributed by atoms with Crippen LogP contribution in [-0.4, -0.2) is 47.4 Å². The highest BCUT2D eigenvalue weighted by atomic mass is 16.5. The third kappa shape index (κ3) is 60.9. The first-order chi connectivity index (χ1) is 37.0. The van der Waals surface area contributed by atoms with E-state index in [2.05, 4.69) is 55.6 Å². The summed E-state index contributed by atoms with van der Waals surface area (Å²) in [6, 6.07) is -0.627. The zero-order valence-corrected chi connectivity index (χ0v) is 50.3. The smallest absolute Gasteiger partial charge is 0.305 e. The molecule has 0 aromatic carbocycles. The highest BCUT2D eigenvalue weighted by molar-refractivity contribution is 5.76. The van der Waals surface area contributed by atoms with E-state index in [1.165, 1.54) is 276 Å². The van der Waals surface area contributed by atoms with Crippen molar-refractivity contribution >= 4 is 11.9 Å². The quantitative estimate of drug-likeness (QED) is 0.0320. The Bertz CT molecular complexity index is 1260. The van der Waals surface area contributed by atoms with E-state index in [1.807, 2.05) is 6.08 Å². The van der Waals surface area contributed by atoms with Crippen LogP contribution in [0.25, 0.3) is 0 Å². The van der Waals surface area contributed by atoms with Crippen LogP contribution in [0, 0.1) is 0 Å². The van der Waals surface area contributed by atoms with Gasteiger partial charge in [-0.15, -0.1) is 0 Å². The maximum absolute atomic E-state index is 12.5. The first-order valence-electron chi connectivity index (χ1n) is 33.4. The number of carbonyl (C=O) groups excluding carboxylic acids is 2. The van der Waals surface area contributed by atoms with Crippen molar-refractivity contribution in [3.63, 3.8) is 0 Å². The van der Waals surface area contributed by atoms with Crippen molar-refractivity contribution in [2.24, 2.45) is 0 Å². The molecule has 0 aliphatic carbocycles. The minimum absolute atomic E-state index is 0.00253. The molecule has 6 heteroatoms. The summed E-state index contributed by atoms with van der Waals surface area (Å²) in [7, 11) is 0. The van der Waals surface area contributed by atoms with Gasteiger partial charge in [0, 0.05) is 12.8 Å². The normalized spacial score (nSPS) is 12.9. The van der Waals surface area contributed by atoms with Crippen LogP contribution in [-0.2, 0) is 14.3 Å². The molecule has 0 radical (unpaired) electrons. The number of unbranched alkanes of at least 4 members (excludes halogenated alkanes) is 45. The number of nitrogens with one attached hydrogen (secondary N) is 1. The van der Waals surface area contributed by atoms with Crippen LogP contribution in [0.1, 0.15) is 354 Å². The lowest BCUT2D eigenvalue weighted by Gasteiger charge is -2.20. The maximum atomic E-state index is 12.5. The largest absolute Gasteiger partial charge is 0.466 e. The van der Waals surface area contributed by atoms with E-state index in [4.69, 9.17) is 4.74 Å². The molecule has 0 saturated heterocycles. The molecule has 6 nitrogen and oxygen atoms in total. The molecular formula is C69H129NO5. The van der Waals surface area contributed by atoms with E-state index in [-0.39, 0.29) is 18.5 Å². The highest BCUT2D eigenvalue weighted by Crippen LogP contribution is 2.17. The first-order valence-corrected chi connectivity index (χ1v) is 33.4. The summed E-state index contributed by atoms with van der Waals surface area (Å²) < 4.78 is 5.49. The molecule has 0 aliphatic heterocycles. The summed E-state index contributed by atoms with van der Waals surface area (Å²) in [5.74, 6) is -0.0643. The number of esters is 1. The standard InChI is InChI=1S/C69H129NO5/c1-3-5-7-9-11-13-15-17-18-35-39-43-47-51-55-59-63-69(74)75-64-60-56-52-48-44-40-36-33-31-29-27-25-23-21-19-20-22-24-26-28-30-32-34-38-42-46-50-54-58-62-68(73)70-66(65-71)67(72)61-57-53-49-45-41-37-16-14-12-10-8-6-4-2/h13,15,18-19,21,35,57,61,66-67,71-72H,3-12,14,16-17,20,22-34,36-56,58-60,62-65H2,1-2H3,(H,70,73)/b15-13-,21-19-,35-18-,61-57+. The number of allylic oxidation sites excluding steroid dienone is 7. The molecule has 0 fully saturated rings. The van der Waals surface area contributed by atoms with Gasteiger partial charge in [0.15, 0.2) is 0 Å². The Morgan fingerprint density at radius 1 is 0.373 bits per heavy atom. The Hall–Kier alpha value is -2.18. The number of rotatable bonds is 62. The molecule has 0 aromatic rings. The second-order valence-electron chi connectivity index (χ2n) is 22.8. The molecule has 0 saturated carbocycles. The molecule has 0 heterocycles. The van der Waals surface area contributed by atoms with E-state index in [1.54, 1.807) is 6.08 Å². The third-order valence-corrected chi connectivity index (χ3v) is 15.3. The molecule has 75 heavy (non-hydrogen) atoms. The minimum atomic E-state index is -0.843. The minimum Gasteiger partial charge on any atom is -0.466 e. The molecule has 0 bridgehead atoms. The Balaban J connectivity index is 3.38. The van der Waals surface area contributed by atoms with Crippen LogP contribution in [0.5, 0.6) is 0 Å². The number of carbonyl (C=O) groups is 2. The van der Waals surface area contributed by atoms with Gasteiger partial charge in [0.25, 0.3) is 0 Å². The van der Waals surface area contributed by atoms with Crippen LogP contribution in [0.15, 0.2) is 48.6 Å². The zero-order chi connectivity index (χ0) is 54.3. The van der Waals surface area contributed by atoms with Gasteiger partial charge in [0.1, 0.15) is 0 Å². The SMILES string of the molecule is CCCCCC/C=C\C/C=C\CCCCCCCC(=O)OCCCCCCCCCCCCCC/C=C\CCCCCCCCCCCCCCCC(=O)NC(CO)C(O)/C=C/CCCCCCCCCCCCC. The van der Waals surface area contributed by atoms with Gasteiger partial charge in [-0.1, -0.05) is 300 Å². The van der Waals surface area contributed by atoms with E-state index >= 15 is 0 Å². The molecule has 0 spiro atoms. The van der Waals surface area contributed by atoms with Crippen molar-refractivity contribution in [1.29, 1.82) is 0 Å². The van der Waals surface area contributed by atoms with Gasteiger partial charge in [-0.05, 0) is 89.9 Å². The molecule has 3 N–H and O–H groups in total. The molecule has 0 rings (SSSR count). The lowest BCUT2D eigenvalue weighted by Crippen LogP contribution is -2.45. The lowest BCUT2D eigenvalue weighted by molar-refractivity contribution is -0.143. The van der Waals surface area contributed by atoms with E-state index in [0.717, 1.165) is 51.4 Å². The van der Waals surface area contributed by atoms with E-state index in [0.29, 0.717) is 19.4 Å². The Kier molecular flexibility index (Phi) is 62.5. The Labute approximate surface area is 467 Å². The average molecular weight is 1050 g/mol. The van der Waals surface area contributed by atoms with Gasteiger partial charge < -0.3 is 20.3 Å². The first kappa shape index (κ1) is 72.8. The second-order valence-corrected chi connectivity index (χ2v) is 22.8. The third-order valence-electron chi connectivity index (χ3n) is 15.3. The molecular weight excluding hydrogens is 923 g/mol. The summed E-state index contributed by atoms with van der Waals surface area (Å²) in [5, 5.41) is 23.1. The fourth-order valence-electron chi connectivity index (χ4n) is 10.2. The van der Waals surface area contributed by atoms with Gasteiger partial charge in [-0.3, -0.25) is 9.59 Å². The maximum Gasteiger partial charge on any atom is 0.305 e. The molecule has 440 valence electrons. The molecule has 0 aromatic heterocycles. The summed E-state index contributed by atoms with van der Waals surface area (Å²) in [6.07, 6.45) is 83.2. The van der Waals surface area contributed by atoms with Crippen molar-refractivity contribution in [2.45, 2.75) is 366 Å². The predicted molar refractivity (Wildman–Crippen MR) is 329 cm³/mol. The number of ether oxygens (including phenoxy) is 1. The van der Waals surface area contributed by atoms with Crippen molar-refractivity contribution in [1.82, 2.24) is 5.32 Å². The highest BCUT2D eigenvalue weighted by Gasteiger charge is 2.18. The fourth-order valence-corrected chi connectivity index (χ4v) is 10.2. The van der Waals surface area contributed by atoms with Gasteiger partial charge in [-0.2, -0.15) is 0 Å². The van der Waals surface area contributed by atoms with Crippen LogP contribution < -0.4 is 5.32 Å². The van der Waals surface area contributed by atoms with E-state index in [9.17, 15) is 19.8 Å². The second kappa shape index (κ2) is 64.3. The van der Waals surface area contributed by atoms with Crippen LogP contribution in [0.4, 0.5) is 0 Å². The predicted octanol–water partition coefficient (Wildman–Crippen LogP) is 21.3. The summed E-state index contributed by atoms with van der Waals surface area (Å²) >= 11 is 0. The van der Waals surface area contributed by atoms with E-state index < -0.39 is 12.1 Å². The van der Waals surface area contributed by atoms with Gasteiger partial charge in [0.2, 0.25) is 5.91 Å². The summed E-state index contributed by atoms with van der Waals surface area (Å²) in [6.45, 7) is 4.89. The monoisotopic (exact) mass is 1050 g/mol. The topological polar surface area (TPSA) is 95.9 Å². The van der Waals surface area contributed by atoms with Crippen LogP contribution in [0.3, 0.4) is 0 Å².